The molecular weight excluding hydrogens is 460 g/mol. The van der Waals surface area contributed by atoms with Gasteiger partial charge in [-0.1, -0.05) is 18.2 Å². The third-order valence-corrected chi connectivity index (χ3v) is 7.10. The highest BCUT2D eigenvalue weighted by atomic mass is 16.6. The van der Waals surface area contributed by atoms with Gasteiger partial charge in [-0.3, -0.25) is 0 Å². The van der Waals surface area contributed by atoms with Crippen LogP contribution < -0.4 is 16.0 Å². The van der Waals surface area contributed by atoms with E-state index in [9.17, 15) is 9.59 Å². The number of rotatable bonds is 11. The Hall–Kier alpha value is -2.36. The maximum absolute atomic E-state index is 13.3. The van der Waals surface area contributed by atoms with Crippen molar-refractivity contribution >= 4 is 12.1 Å². The van der Waals surface area contributed by atoms with Crippen LogP contribution in [0.4, 0.5) is 9.59 Å². The number of urea groups is 1. The second-order valence-electron chi connectivity index (χ2n) is 9.89. The van der Waals surface area contributed by atoms with Gasteiger partial charge in [0.15, 0.2) is 0 Å². The minimum atomic E-state index is -0.459. The van der Waals surface area contributed by atoms with Crippen molar-refractivity contribution in [2.24, 2.45) is 5.92 Å². The van der Waals surface area contributed by atoms with Crippen molar-refractivity contribution in [3.63, 3.8) is 0 Å². The Labute approximate surface area is 215 Å². The third-order valence-electron chi connectivity index (χ3n) is 7.10. The highest BCUT2D eigenvalue weighted by Gasteiger charge is 2.29. The van der Waals surface area contributed by atoms with Gasteiger partial charge >= 0.3 is 12.1 Å². The summed E-state index contributed by atoms with van der Waals surface area (Å²) in [4.78, 5) is 26.5. The highest BCUT2D eigenvalue weighted by molar-refractivity contribution is 5.74. The summed E-state index contributed by atoms with van der Waals surface area (Å²) < 4.78 is 16.5. The van der Waals surface area contributed by atoms with Crippen LogP contribution in [0.3, 0.4) is 0 Å². The summed E-state index contributed by atoms with van der Waals surface area (Å²) in [6.07, 6.45) is 4.76. The van der Waals surface area contributed by atoms with E-state index in [0.29, 0.717) is 25.7 Å². The molecule has 3 amide bonds. The summed E-state index contributed by atoms with van der Waals surface area (Å²) in [6, 6.07) is 6.38. The molecule has 9 nitrogen and oxygen atoms in total. The van der Waals surface area contributed by atoms with Crippen LogP contribution in [0, 0.1) is 12.8 Å². The largest absolute Gasteiger partial charge is 0.447 e. The molecule has 3 atom stereocenters. The Morgan fingerprint density at radius 3 is 2.81 bits per heavy atom. The molecule has 2 aliphatic heterocycles. The molecule has 1 aromatic carbocycles. The monoisotopic (exact) mass is 504 g/mol. The number of likely N-dealkylation sites (N-methyl/N-ethyl adjacent to an activating group) is 1. The summed E-state index contributed by atoms with van der Waals surface area (Å²) in [5, 5.41) is 8.95. The summed E-state index contributed by atoms with van der Waals surface area (Å²) in [6.45, 7) is 6.98. The number of likely N-dealkylation sites (tertiary alicyclic amines) is 1. The molecule has 9 heteroatoms. The second kappa shape index (κ2) is 15.0. The van der Waals surface area contributed by atoms with Gasteiger partial charge in [0.1, 0.15) is 6.61 Å². The van der Waals surface area contributed by atoms with Gasteiger partial charge in [0.2, 0.25) is 0 Å². The van der Waals surface area contributed by atoms with E-state index in [1.54, 1.807) is 0 Å². The Morgan fingerprint density at radius 2 is 2.06 bits per heavy atom. The van der Waals surface area contributed by atoms with Gasteiger partial charge in [0.25, 0.3) is 0 Å². The number of aryl methyl sites for hydroxylation is 1. The first-order chi connectivity index (χ1) is 17.5. The number of amides is 3. The number of nitrogens with zero attached hydrogens (tertiary/aromatic N) is 1. The molecule has 0 aromatic heterocycles. The maximum atomic E-state index is 13.3. The van der Waals surface area contributed by atoms with E-state index in [4.69, 9.17) is 14.2 Å². The van der Waals surface area contributed by atoms with Crippen LogP contribution in [-0.2, 0) is 20.8 Å². The van der Waals surface area contributed by atoms with E-state index >= 15 is 0 Å². The first-order valence-corrected chi connectivity index (χ1v) is 13.3. The van der Waals surface area contributed by atoms with Crippen molar-refractivity contribution in [2.45, 2.75) is 57.6 Å². The molecule has 36 heavy (non-hydrogen) atoms. The van der Waals surface area contributed by atoms with E-state index < -0.39 is 6.09 Å². The van der Waals surface area contributed by atoms with Gasteiger partial charge < -0.3 is 35.1 Å². The first-order valence-electron chi connectivity index (χ1n) is 13.3. The van der Waals surface area contributed by atoms with Crippen LogP contribution in [0.5, 0.6) is 0 Å². The minimum absolute atomic E-state index is 0.0226. The van der Waals surface area contributed by atoms with E-state index in [0.717, 1.165) is 64.0 Å². The molecule has 3 rings (SSSR count). The number of ether oxygens (including phenoxy) is 3. The molecule has 0 saturated carbocycles. The fourth-order valence-corrected chi connectivity index (χ4v) is 5.40. The SMILES string of the molecule is CNC[C@H](C[C@@H]1CCCOC1)NC(=O)N1CCC[C@H](c2c(C)cccc2COCCOC(=O)NC)C1. The second-order valence-corrected chi connectivity index (χ2v) is 9.89. The van der Waals surface area contributed by atoms with Crippen LogP contribution in [0.2, 0.25) is 0 Å². The molecule has 2 heterocycles. The lowest BCUT2D eigenvalue weighted by Crippen LogP contribution is -2.51. The smallest absolute Gasteiger partial charge is 0.406 e. The van der Waals surface area contributed by atoms with Gasteiger partial charge in [-0.05, 0) is 68.7 Å². The zero-order valence-electron chi connectivity index (χ0n) is 22.1. The van der Waals surface area contributed by atoms with Crippen molar-refractivity contribution < 1.29 is 23.8 Å². The van der Waals surface area contributed by atoms with Crippen LogP contribution in [0.1, 0.15) is 54.7 Å². The molecule has 2 fully saturated rings. The van der Waals surface area contributed by atoms with E-state index in [1.165, 1.54) is 18.2 Å². The minimum Gasteiger partial charge on any atom is -0.447 e. The van der Waals surface area contributed by atoms with Gasteiger partial charge in [-0.2, -0.15) is 0 Å². The Kier molecular flexibility index (Phi) is 11.8. The van der Waals surface area contributed by atoms with Crippen LogP contribution >= 0.6 is 0 Å². The Bertz CT molecular complexity index is 830. The number of hydrogen-bond acceptors (Lipinski definition) is 6. The molecule has 2 aliphatic rings. The lowest BCUT2D eigenvalue weighted by molar-refractivity contribution is 0.0476. The number of carbonyl (C=O) groups is 2. The number of nitrogens with one attached hydrogen (secondary N) is 3. The standard InChI is InChI=1S/C27H44N4O5/c1-20-7-4-9-23(19-35-13-14-36-27(33)29-3)25(20)22-10-5-11-31(17-22)26(32)30-24(16-28-2)15-21-8-6-12-34-18-21/h4,7,9,21-22,24,28H,5-6,8,10-19H2,1-3H3,(H,29,33)(H,30,32)/t21-,22-,24-/m0/s1. The fraction of sp³-hybridized carbons (Fsp3) is 0.704. The van der Waals surface area contributed by atoms with E-state index in [-0.39, 0.29) is 24.6 Å². The average molecular weight is 505 g/mol. The van der Waals surface area contributed by atoms with Gasteiger partial charge in [-0.25, -0.2) is 9.59 Å². The average Bonchev–Trinajstić information content (AvgIpc) is 2.89. The third kappa shape index (κ3) is 8.64. The van der Waals surface area contributed by atoms with Crippen molar-refractivity contribution in [1.82, 2.24) is 20.9 Å². The predicted octanol–water partition coefficient (Wildman–Crippen LogP) is 3.16. The van der Waals surface area contributed by atoms with Crippen molar-refractivity contribution in [1.29, 1.82) is 0 Å². The summed E-state index contributed by atoms with van der Waals surface area (Å²) in [7, 11) is 3.46. The number of hydrogen-bond donors (Lipinski definition) is 3. The first kappa shape index (κ1) is 28.2. The van der Waals surface area contributed by atoms with Gasteiger partial charge in [0.05, 0.1) is 13.2 Å². The van der Waals surface area contributed by atoms with E-state index in [2.05, 4.69) is 35.0 Å². The van der Waals surface area contributed by atoms with Crippen LogP contribution in [-0.4, -0.2) is 83.2 Å². The topological polar surface area (TPSA) is 101 Å². The number of piperidine rings is 1. The molecule has 202 valence electrons. The molecule has 0 bridgehead atoms. The number of carbonyl (C=O) groups excluding carboxylic acids is 2. The van der Waals surface area contributed by atoms with Gasteiger partial charge in [-0.15, -0.1) is 0 Å². The highest BCUT2D eigenvalue weighted by Crippen LogP contribution is 2.32. The quantitative estimate of drug-likeness (QED) is 0.400. The maximum Gasteiger partial charge on any atom is 0.406 e. The molecule has 2 saturated heterocycles. The van der Waals surface area contributed by atoms with E-state index in [1.807, 2.05) is 18.0 Å². The van der Waals surface area contributed by atoms with Crippen LogP contribution in [0.15, 0.2) is 18.2 Å². The molecule has 0 radical (unpaired) electrons. The van der Waals surface area contributed by atoms with Crippen molar-refractivity contribution in [3.8, 4) is 0 Å². The molecule has 0 spiro atoms. The lowest BCUT2D eigenvalue weighted by atomic mass is 9.85. The molecule has 1 aromatic rings. The van der Waals surface area contributed by atoms with Crippen molar-refractivity contribution in [3.05, 3.63) is 34.9 Å². The van der Waals surface area contributed by atoms with Crippen LogP contribution in [0.25, 0.3) is 0 Å². The predicted molar refractivity (Wildman–Crippen MR) is 139 cm³/mol. The zero-order valence-corrected chi connectivity index (χ0v) is 22.1. The van der Waals surface area contributed by atoms with Gasteiger partial charge in [0, 0.05) is 51.9 Å². The summed E-state index contributed by atoms with van der Waals surface area (Å²) >= 11 is 0. The Morgan fingerprint density at radius 1 is 1.19 bits per heavy atom. The Balaban J connectivity index is 1.57. The molecular formula is C27H44N4O5. The number of alkyl carbamates (subject to hydrolysis) is 1. The zero-order chi connectivity index (χ0) is 25.8. The molecule has 3 N–H and O–H groups in total. The number of benzene rings is 1. The summed E-state index contributed by atoms with van der Waals surface area (Å²) in [5.41, 5.74) is 3.62. The lowest BCUT2D eigenvalue weighted by Gasteiger charge is -2.36. The normalized spacial score (nSPS) is 21.0. The molecule has 0 unspecified atom stereocenters. The molecule has 0 aliphatic carbocycles. The fourth-order valence-electron chi connectivity index (χ4n) is 5.40. The van der Waals surface area contributed by atoms with Crippen molar-refractivity contribution in [2.75, 3.05) is 60.2 Å². The summed E-state index contributed by atoms with van der Waals surface area (Å²) in [5.74, 6) is 0.767.